The minimum Gasteiger partial charge on any atom is -0.353 e. The van der Waals surface area contributed by atoms with E-state index in [0.717, 1.165) is 24.2 Å². The van der Waals surface area contributed by atoms with E-state index in [0.29, 0.717) is 41.0 Å². The average Bonchev–Trinajstić information content (AvgIpc) is 2.71. The van der Waals surface area contributed by atoms with Crippen molar-refractivity contribution in [2.75, 3.05) is 37.8 Å². The van der Waals surface area contributed by atoms with E-state index in [-0.39, 0.29) is 0 Å². The van der Waals surface area contributed by atoms with Gasteiger partial charge in [-0.2, -0.15) is 13.2 Å². The van der Waals surface area contributed by atoms with Gasteiger partial charge in [-0.05, 0) is 50.0 Å². The average molecular weight is 450 g/mol. The number of nitrogens with one attached hydrogen (secondary N) is 2. The normalized spacial score (nSPS) is 11.6. The Hall–Kier alpha value is -2.84. The second kappa shape index (κ2) is 9.98. The fourth-order valence-electron chi connectivity index (χ4n) is 2.86. The summed E-state index contributed by atoms with van der Waals surface area (Å²) < 4.78 is 39.2. The molecule has 0 radical (unpaired) electrons. The highest BCUT2D eigenvalue weighted by Crippen LogP contribution is 2.32. The number of likely N-dealkylation sites (N-methyl/N-ethyl adjacent to an activating group) is 1. The van der Waals surface area contributed by atoms with Crippen LogP contribution in [0.5, 0.6) is 0 Å². The van der Waals surface area contributed by atoms with Crippen molar-refractivity contribution in [3.8, 4) is 0 Å². The standard InChI is InChI=1S/C22H23ClF3N5/c1-31(2)11-10-27-21-28-14-20(19(30-21)12-15-6-8-17(23)9-7-15)29-18-5-3-4-16(13-18)22(24,25)26/h3-9,13-14,29H,10-12H2,1-2H3,(H,27,28,30). The third-order valence-electron chi connectivity index (χ3n) is 4.46. The van der Waals surface area contributed by atoms with Gasteiger partial charge in [0.1, 0.15) is 0 Å². The molecule has 3 aromatic rings. The van der Waals surface area contributed by atoms with Gasteiger partial charge in [0.15, 0.2) is 0 Å². The maximum absolute atomic E-state index is 13.1. The number of alkyl halides is 3. The van der Waals surface area contributed by atoms with Crippen LogP contribution in [0.2, 0.25) is 5.02 Å². The molecule has 9 heteroatoms. The molecule has 0 aliphatic heterocycles. The molecule has 1 aromatic heterocycles. The Balaban J connectivity index is 1.87. The van der Waals surface area contributed by atoms with Gasteiger partial charge in [-0.1, -0.05) is 29.8 Å². The highest BCUT2D eigenvalue weighted by Gasteiger charge is 2.30. The molecule has 164 valence electrons. The highest BCUT2D eigenvalue weighted by atomic mass is 35.5. The van der Waals surface area contributed by atoms with Crippen LogP contribution in [0.15, 0.2) is 54.7 Å². The molecule has 0 saturated heterocycles. The van der Waals surface area contributed by atoms with E-state index in [1.54, 1.807) is 24.4 Å². The number of hydrogen-bond donors (Lipinski definition) is 2. The number of halogens is 4. The van der Waals surface area contributed by atoms with Gasteiger partial charge in [0, 0.05) is 30.2 Å². The number of nitrogens with zero attached hydrogens (tertiary/aromatic N) is 3. The lowest BCUT2D eigenvalue weighted by Gasteiger charge is -2.15. The second-order valence-electron chi connectivity index (χ2n) is 7.29. The molecule has 0 fully saturated rings. The number of anilines is 3. The van der Waals surface area contributed by atoms with Gasteiger partial charge >= 0.3 is 6.18 Å². The minimum absolute atomic E-state index is 0.309. The Morgan fingerprint density at radius 1 is 1.06 bits per heavy atom. The van der Waals surface area contributed by atoms with Crippen LogP contribution in [0.3, 0.4) is 0 Å². The summed E-state index contributed by atoms with van der Waals surface area (Å²) in [6.07, 6.45) is -2.37. The van der Waals surface area contributed by atoms with Crippen molar-refractivity contribution >= 4 is 28.9 Å². The first-order valence-electron chi connectivity index (χ1n) is 9.64. The molecular weight excluding hydrogens is 427 g/mol. The molecule has 2 aromatic carbocycles. The Bertz CT molecular complexity index is 1010. The topological polar surface area (TPSA) is 53.1 Å². The monoisotopic (exact) mass is 449 g/mol. The number of rotatable bonds is 8. The molecule has 0 aliphatic rings. The van der Waals surface area contributed by atoms with Crippen LogP contribution in [0.25, 0.3) is 0 Å². The van der Waals surface area contributed by atoms with Crippen LogP contribution in [0.4, 0.5) is 30.5 Å². The first-order valence-corrected chi connectivity index (χ1v) is 10.0. The maximum atomic E-state index is 13.1. The van der Waals surface area contributed by atoms with Gasteiger partial charge in [-0.15, -0.1) is 0 Å². The molecule has 3 rings (SSSR count). The molecular formula is C22H23ClF3N5. The Morgan fingerprint density at radius 3 is 2.48 bits per heavy atom. The summed E-state index contributed by atoms with van der Waals surface area (Å²) in [5, 5.41) is 6.83. The summed E-state index contributed by atoms with van der Waals surface area (Å²) >= 11 is 5.97. The first-order chi connectivity index (χ1) is 14.7. The molecule has 0 spiro atoms. The quantitative estimate of drug-likeness (QED) is 0.478. The zero-order valence-electron chi connectivity index (χ0n) is 17.2. The van der Waals surface area contributed by atoms with E-state index < -0.39 is 11.7 Å². The molecule has 0 atom stereocenters. The molecule has 1 heterocycles. The zero-order valence-corrected chi connectivity index (χ0v) is 17.9. The van der Waals surface area contributed by atoms with E-state index in [2.05, 4.69) is 20.6 Å². The van der Waals surface area contributed by atoms with Crippen LogP contribution >= 0.6 is 11.6 Å². The van der Waals surface area contributed by atoms with Gasteiger partial charge in [0.05, 0.1) is 23.1 Å². The lowest BCUT2D eigenvalue weighted by Crippen LogP contribution is -2.21. The molecule has 0 saturated carbocycles. The SMILES string of the molecule is CN(C)CCNc1ncc(Nc2cccc(C(F)(F)F)c2)c(Cc2ccc(Cl)cc2)n1. The molecule has 31 heavy (non-hydrogen) atoms. The highest BCUT2D eigenvalue weighted by molar-refractivity contribution is 6.30. The Kier molecular flexibility index (Phi) is 7.35. The number of hydrogen-bond acceptors (Lipinski definition) is 5. The van der Waals surface area contributed by atoms with Crippen molar-refractivity contribution in [3.05, 3.63) is 76.6 Å². The predicted molar refractivity (Wildman–Crippen MR) is 118 cm³/mol. The van der Waals surface area contributed by atoms with E-state index in [1.165, 1.54) is 6.07 Å². The summed E-state index contributed by atoms with van der Waals surface area (Å²) in [4.78, 5) is 10.9. The fourth-order valence-corrected chi connectivity index (χ4v) is 2.98. The zero-order chi connectivity index (χ0) is 22.4. The van der Waals surface area contributed by atoms with E-state index >= 15 is 0 Å². The van der Waals surface area contributed by atoms with Crippen LogP contribution in [0.1, 0.15) is 16.8 Å². The van der Waals surface area contributed by atoms with Crippen LogP contribution in [0, 0.1) is 0 Å². The van der Waals surface area contributed by atoms with E-state index in [1.807, 2.05) is 31.1 Å². The van der Waals surface area contributed by atoms with E-state index in [9.17, 15) is 13.2 Å². The third-order valence-corrected chi connectivity index (χ3v) is 4.72. The van der Waals surface area contributed by atoms with Gasteiger partial charge in [-0.3, -0.25) is 0 Å². The van der Waals surface area contributed by atoms with Crippen molar-refractivity contribution in [3.63, 3.8) is 0 Å². The van der Waals surface area contributed by atoms with Crippen molar-refractivity contribution in [1.82, 2.24) is 14.9 Å². The van der Waals surface area contributed by atoms with Crippen LogP contribution in [-0.2, 0) is 12.6 Å². The second-order valence-corrected chi connectivity index (χ2v) is 7.73. The van der Waals surface area contributed by atoms with Gasteiger partial charge < -0.3 is 15.5 Å². The smallest absolute Gasteiger partial charge is 0.353 e. The van der Waals surface area contributed by atoms with Crippen molar-refractivity contribution in [1.29, 1.82) is 0 Å². The molecule has 0 unspecified atom stereocenters. The van der Waals surface area contributed by atoms with Crippen molar-refractivity contribution < 1.29 is 13.2 Å². The lowest BCUT2D eigenvalue weighted by molar-refractivity contribution is -0.137. The molecule has 0 amide bonds. The van der Waals surface area contributed by atoms with Gasteiger partial charge in [0.2, 0.25) is 5.95 Å². The van der Waals surface area contributed by atoms with Crippen molar-refractivity contribution in [2.45, 2.75) is 12.6 Å². The lowest BCUT2D eigenvalue weighted by atomic mass is 10.1. The Labute approximate surface area is 184 Å². The summed E-state index contributed by atoms with van der Waals surface area (Å²) in [7, 11) is 3.94. The molecule has 0 bridgehead atoms. The molecule has 5 nitrogen and oxygen atoms in total. The van der Waals surface area contributed by atoms with Crippen molar-refractivity contribution in [2.24, 2.45) is 0 Å². The largest absolute Gasteiger partial charge is 0.416 e. The van der Waals surface area contributed by atoms with Gasteiger partial charge in [-0.25, -0.2) is 9.97 Å². The third kappa shape index (κ3) is 6.83. The fraction of sp³-hybridized carbons (Fsp3) is 0.273. The number of benzene rings is 2. The summed E-state index contributed by atoms with van der Waals surface area (Å²) in [6.45, 7) is 1.47. The number of aromatic nitrogens is 2. The minimum atomic E-state index is -4.42. The van der Waals surface area contributed by atoms with Crippen LogP contribution in [-0.4, -0.2) is 42.1 Å². The molecule has 0 aliphatic carbocycles. The van der Waals surface area contributed by atoms with E-state index in [4.69, 9.17) is 11.6 Å². The maximum Gasteiger partial charge on any atom is 0.416 e. The first kappa shape index (κ1) is 22.8. The summed E-state index contributed by atoms with van der Waals surface area (Å²) in [5.41, 5.74) is 1.74. The van der Waals surface area contributed by atoms with Gasteiger partial charge in [0.25, 0.3) is 0 Å². The summed E-state index contributed by atoms with van der Waals surface area (Å²) in [5.74, 6) is 0.459. The van der Waals surface area contributed by atoms with Crippen LogP contribution < -0.4 is 10.6 Å². The molecule has 2 N–H and O–H groups in total. The summed E-state index contributed by atoms with van der Waals surface area (Å²) in [6, 6.07) is 12.4. The predicted octanol–water partition coefficient (Wildman–Crippen LogP) is 5.46. The Morgan fingerprint density at radius 2 is 1.81 bits per heavy atom.